The summed E-state index contributed by atoms with van der Waals surface area (Å²) in [4.78, 5) is 34.8. The van der Waals surface area contributed by atoms with Gasteiger partial charge in [-0.1, -0.05) is 60.7 Å². The second-order valence-electron chi connectivity index (χ2n) is 5.43. The van der Waals surface area contributed by atoms with Crippen LogP contribution in [0.15, 0.2) is 60.7 Å². The molecule has 142 valence electrons. The molecule has 0 fully saturated rings. The van der Waals surface area contributed by atoms with Crippen molar-refractivity contribution in [2.45, 2.75) is 19.3 Å². The van der Waals surface area contributed by atoms with Crippen molar-refractivity contribution in [2.75, 3.05) is 5.75 Å². The van der Waals surface area contributed by atoms with E-state index in [1.165, 1.54) is 0 Å². The minimum Gasteiger partial charge on any atom is -0.480 e. The maximum atomic E-state index is 11.8. The topological polar surface area (TPSA) is 102 Å². The number of benzene rings is 2. The maximum Gasteiger partial charge on any atom is 0.408 e. The van der Waals surface area contributed by atoms with Crippen LogP contribution in [-0.4, -0.2) is 34.3 Å². The Bertz CT molecular complexity index is 753. The van der Waals surface area contributed by atoms with E-state index in [1.807, 2.05) is 36.4 Å². The molecule has 0 heterocycles. The summed E-state index contributed by atoms with van der Waals surface area (Å²) in [5.74, 6) is -1.45. The molecule has 2 aromatic rings. The zero-order valence-electron chi connectivity index (χ0n) is 14.4. The first-order valence-corrected chi connectivity index (χ1v) is 9.06. The first-order chi connectivity index (χ1) is 13.0. The highest BCUT2D eigenvalue weighted by molar-refractivity contribution is 8.13. The molecule has 0 saturated carbocycles. The van der Waals surface area contributed by atoms with E-state index < -0.39 is 23.4 Å². The predicted octanol–water partition coefficient (Wildman–Crippen LogP) is 3.44. The maximum absolute atomic E-state index is 11.8. The molecule has 0 spiro atoms. The van der Waals surface area contributed by atoms with Crippen molar-refractivity contribution < 1.29 is 29.0 Å². The number of nitrogens with one attached hydrogen (secondary N) is 1. The van der Waals surface area contributed by atoms with Crippen LogP contribution < -0.4 is 5.32 Å². The Morgan fingerprint density at radius 3 is 1.93 bits per heavy atom. The average molecular weight is 389 g/mol. The molecule has 2 rings (SSSR count). The number of ether oxygens (including phenoxy) is 2. The Morgan fingerprint density at radius 1 is 0.889 bits per heavy atom. The normalized spacial score (nSPS) is 11.3. The lowest BCUT2D eigenvalue weighted by atomic mass is 10.2. The fraction of sp³-hybridized carbons (Fsp3) is 0.211. The van der Waals surface area contributed by atoms with Crippen molar-refractivity contribution in [2.24, 2.45) is 0 Å². The number of carbonyl (C=O) groups is 3. The first-order valence-electron chi connectivity index (χ1n) is 8.08. The molecule has 8 heteroatoms. The fourth-order valence-electron chi connectivity index (χ4n) is 1.99. The van der Waals surface area contributed by atoms with Gasteiger partial charge in [-0.05, 0) is 22.9 Å². The highest BCUT2D eigenvalue weighted by atomic mass is 32.2. The van der Waals surface area contributed by atoms with Gasteiger partial charge in [0.25, 0.3) is 0 Å². The molecule has 2 aromatic carbocycles. The van der Waals surface area contributed by atoms with Gasteiger partial charge in [0.2, 0.25) is 0 Å². The zero-order valence-corrected chi connectivity index (χ0v) is 15.2. The number of carbonyl (C=O) groups excluding carboxylic acids is 2. The first kappa shape index (κ1) is 20.3. The lowest BCUT2D eigenvalue weighted by Crippen LogP contribution is -2.43. The van der Waals surface area contributed by atoms with E-state index in [4.69, 9.17) is 9.47 Å². The lowest BCUT2D eigenvalue weighted by molar-refractivity contribution is -0.138. The van der Waals surface area contributed by atoms with Gasteiger partial charge < -0.3 is 19.9 Å². The largest absolute Gasteiger partial charge is 0.480 e. The van der Waals surface area contributed by atoms with Crippen molar-refractivity contribution >= 4 is 29.1 Å². The van der Waals surface area contributed by atoms with Crippen molar-refractivity contribution in [1.29, 1.82) is 0 Å². The van der Waals surface area contributed by atoms with Crippen molar-refractivity contribution in [1.82, 2.24) is 5.32 Å². The summed E-state index contributed by atoms with van der Waals surface area (Å²) in [6, 6.07) is 16.8. The summed E-state index contributed by atoms with van der Waals surface area (Å²) in [6.45, 7) is 0.113. The summed E-state index contributed by atoms with van der Waals surface area (Å²) in [7, 11) is 0. The monoisotopic (exact) mass is 389 g/mol. The number of alkyl carbamates (subject to hydrolysis) is 1. The third kappa shape index (κ3) is 7.83. The molecule has 1 unspecified atom stereocenters. The second-order valence-corrected chi connectivity index (χ2v) is 6.39. The van der Waals surface area contributed by atoms with Gasteiger partial charge in [0.05, 0.1) is 0 Å². The van der Waals surface area contributed by atoms with Crippen molar-refractivity contribution in [3.63, 3.8) is 0 Å². The van der Waals surface area contributed by atoms with Crippen LogP contribution in [0.1, 0.15) is 11.1 Å². The molecule has 7 nitrogen and oxygen atoms in total. The van der Waals surface area contributed by atoms with E-state index >= 15 is 0 Å². The lowest BCUT2D eigenvalue weighted by Gasteiger charge is -2.14. The van der Waals surface area contributed by atoms with Crippen LogP contribution in [0.4, 0.5) is 9.59 Å². The van der Waals surface area contributed by atoms with E-state index in [0.29, 0.717) is 11.8 Å². The molecule has 1 amide bonds. The van der Waals surface area contributed by atoms with Crippen LogP contribution in [0.2, 0.25) is 0 Å². The molecule has 0 aliphatic carbocycles. The third-order valence-corrected chi connectivity index (χ3v) is 4.22. The minimum absolute atomic E-state index is 0.0191. The standard InChI is InChI=1S/C19H19NO6S/c21-17(22)16(20-18(23)25-11-14-7-3-1-4-8-14)13-27-19(24)26-12-15-9-5-2-6-10-15/h1-10,16H,11-13H2,(H,20,23)(H,21,22). The summed E-state index contributed by atoms with van der Waals surface area (Å²) in [5.41, 5.74) is 1.60. The predicted molar refractivity (Wildman–Crippen MR) is 100 cm³/mol. The van der Waals surface area contributed by atoms with E-state index in [0.717, 1.165) is 11.1 Å². The number of hydrogen-bond acceptors (Lipinski definition) is 6. The number of carboxylic acids is 1. The van der Waals surface area contributed by atoms with Gasteiger partial charge in [0.1, 0.15) is 19.3 Å². The van der Waals surface area contributed by atoms with Gasteiger partial charge >= 0.3 is 17.4 Å². The van der Waals surface area contributed by atoms with Crippen LogP contribution in [0.25, 0.3) is 0 Å². The molecule has 0 aliphatic heterocycles. The van der Waals surface area contributed by atoms with Crippen LogP contribution in [0, 0.1) is 0 Å². The van der Waals surface area contributed by atoms with Crippen molar-refractivity contribution in [3.8, 4) is 0 Å². The molecule has 0 saturated heterocycles. The van der Waals surface area contributed by atoms with Crippen LogP contribution in [0.3, 0.4) is 0 Å². The Labute approximate surface area is 160 Å². The number of carboxylic acid groups (broad SMARTS) is 1. The Balaban J connectivity index is 1.73. The SMILES string of the molecule is O=C(NC(CSC(=O)OCc1ccccc1)C(=O)O)OCc1ccccc1. The molecular formula is C19H19NO6S. The van der Waals surface area contributed by atoms with Gasteiger partial charge in [-0.25, -0.2) is 14.4 Å². The van der Waals surface area contributed by atoms with Gasteiger partial charge in [0, 0.05) is 5.75 Å². The fourth-order valence-corrected chi connectivity index (χ4v) is 2.66. The van der Waals surface area contributed by atoms with Gasteiger partial charge in [0.15, 0.2) is 0 Å². The van der Waals surface area contributed by atoms with Crippen LogP contribution in [0.5, 0.6) is 0 Å². The summed E-state index contributed by atoms with van der Waals surface area (Å²) >= 11 is 0.676. The van der Waals surface area contributed by atoms with E-state index in [9.17, 15) is 19.5 Å². The van der Waals surface area contributed by atoms with Gasteiger partial charge in [-0.3, -0.25) is 0 Å². The smallest absolute Gasteiger partial charge is 0.408 e. The molecule has 0 aromatic heterocycles. The number of amides is 1. The molecule has 2 N–H and O–H groups in total. The average Bonchev–Trinajstić information content (AvgIpc) is 2.69. The van der Waals surface area contributed by atoms with Gasteiger partial charge in [-0.15, -0.1) is 0 Å². The number of hydrogen-bond donors (Lipinski definition) is 2. The van der Waals surface area contributed by atoms with Crippen LogP contribution >= 0.6 is 11.8 Å². The summed E-state index contributed by atoms with van der Waals surface area (Å²) in [6.07, 6.45) is -0.871. The summed E-state index contributed by atoms with van der Waals surface area (Å²) < 4.78 is 10.0. The quantitative estimate of drug-likeness (QED) is 0.667. The second kappa shape index (κ2) is 10.9. The van der Waals surface area contributed by atoms with E-state index in [-0.39, 0.29) is 19.0 Å². The molecule has 27 heavy (non-hydrogen) atoms. The highest BCUT2D eigenvalue weighted by Gasteiger charge is 2.22. The van der Waals surface area contributed by atoms with Crippen LogP contribution in [-0.2, 0) is 27.5 Å². The number of aliphatic carboxylic acids is 1. The third-order valence-electron chi connectivity index (χ3n) is 3.37. The molecule has 0 bridgehead atoms. The summed E-state index contributed by atoms with van der Waals surface area (Å²) in [5, 5.41) is 10.8. The Kier molecular flexibility index (Phi) is 8.18. The Hall–Kier alpha value is -3.00. The highest BCUT2D eigenvalue weighted by Crippen LogP contribution is 2.11. The van der Waals surface area contributed by atoms with E-state index in [1.54, 1.807) is 24.3 Å². The molecular weight excluding hydrogens is 370 g/mol. The zero-order chi connectivity index (χ0) is 19.5. The Morgan fingerprint density at radius 2 is 1.41 bits per heavy atom. The minimum atomic E-state index is -1.28. The van der Waals surface area contributed by atoms with Gasteiger partial charge in [-0.2, -0.15) is 0 Å². The number of rotatable bonds is 8. The number of thioether (sulfide) groups is 1. The molecule has 1 atom stereocenters. The van der Waals surface area contributed by atoms with E-state index in [2.05, 4.69) is 5.32 Å². The molecule has 0 aliphatic rings. The molecule has 0 radical (unpaired) electrons. The van der Waals surface area contributed by atoms with Crippen molar-refractivity contribution in [3.05, 3.63) is 71.8 Å².